The van der Waals surface area contributed by atoms with E-state index in [0.29, 0.717) is 0 Å². The summed E-state index contributed by atoms with van der Waals surface area (Å²) < 4.78 is 5.50. The predicted molar refractivity (Wildman–Crippen MR) is 78.3 cm³/mol. The third-order valence-electron chi connectivity index (χ3n) is 3.20. The standard InChI is InChI=1S/C16H21NO2/c1-6-13-11(2)12-9-7-8-10-14(12)17(13)15(18)19-16(3,4)5/h7-10,13H,2,6H2,1,3-5H3. The number of carbonyl (C=O) groups excluding carboxylic acids is 1. The van der Waals surface area contributed by atoms with E-state index in [1.807, 2.05) is 45.0 Å². The number of rotatable bonds is 1. The van der Waals surface area contributed by atoms with Gasteiger partial charge < -0.3 is 4.74 Å². The molecule has 0 saturated heterocycles. The van der Waals surface area contributed by atoms with Crippen molar-refractivity contribution in [3.63, 3.8) is 0 Å². The number of anilines is 1. The van der Waals surface area contributed by atoms with Gasteiger partial charge in [-0.2, -0.15) is 0 Å². The van der Waals surface area contributed by atoms with E-state index in [1.54, 1.807) is 4.90 Å². The normalized spacial score (nSPS) is 18.4. The summed E-state index contributed by atoms with van der Waals surface area (Å²) in [4.78, 5) is 14.1. The highest BCUT2D eigenvalue weighted by molar-refractivity contribution is 6.01. The fourth-order valence-electron chi connectivity index (χ4n) is 2.42. The Hall–Kier alpha value is -1.77. The van der Waals surface area contributed by atoms with Gasteiger partial charge in [0.05, 0.1) is 11.7 Å². The average molecular weight is 259 g/mol. The van der Waals surface area contributed by atoms with Crippen LogP contribution in [0.3, 0.4) is 0 Å². The zero-order valence-electron chi connectivity index (χ0n) is 12.1. The van der Waals surface area contributed by atoms with E-state index >= 15 is 0 Å². The minimum absolute atomic E-state index is 0.00718. The van der Waals surface area contributed by atoms with Crippen LogP contribution >= 0.6 is 0 Å². The zero-order valence-corrected chi connectivity index (χ0v) is 12.1. The van der Waals surface area contributed by atoms with Crippen molar-refractivity contribution in [1.82, 2.24) is 0 Å². The third-order valence-corrected chi connectivity index (χ3v) is 3.20. The van der Waals surface area contributed by atoms with Crippen LogP contribution < -0.4 is 4.90 Å². The number of nitrogens with zero attached hydrogens (tertiary/aromatic N) is 1. The minimum atomic E-state index is -0.492. The lowest BCUT2D eigenvalue weighted by Gasteiger charge is -2.28. The van der Waals surface area contributed by atoms with E-state index in [4.69, 9.17) is 4.74 Å². The molecule has 3 heteroatoms. The predicted octanol–water partition coefficient (Wildman–Crippen LogP) is 4.23. The van der Waals surface area contributed by atoms with E-state index in [0.717, 1.165) is 23.2 Å². The molecule has 0 fully saturated rings. The van der Waals surface area contributed by atoms with Crippen LogP contribution in [0.1, 0.15) is 39.7 Å². The summed E-state index contributed by atoms with van der Waals surface area (Å²) in [6.07, 6.45) is 0.526. The molecule has 0 N–H and O–H groups in total. The van der Waals surface area contributed by atoms with Crippen molar-refractivity contribution in [2.75, 3.05) is 4.90 Å². The van der Waals surface area contributed by atoms with Gasteiger partial charge in [0.2, 0.25) is 0 Å². The second-order valence-corrected chi connectivity index (χ2v) is 5.82. The lowest BCUT2D eigenvalue weighted by molar-refractivity contribution is 0.0574. The number of para-hydroxylation sites is 1. The molecule has 0 aromatic heterocycles. The van der Waals surface area contributed by atoms with Crippen molar-refractivity contribution >= 4 is 17.4 Å². The van der Waals surface area contributed by atoms with E-state index in [1.165, 1.54) is 0 Å². The molecule has 102 valence electrons. The van der Waals surface area contributed by atoms with Gasteiger partial charge in [0, 0.05) is 5.56 Å². The topological polar surface area (TPSA) is 29.5 Å². The van der Waals surface area contributed by atoms with Crippen LogP contribution in [-0.2, 0) is 4.74 Å². The number of benzene rings is 1. The van der Waals surface area contributed by atoms with E-state index in [9.17, 15) is 4.79 Å². The Bertz CT molecular complexity index is 514. The van der Waals surface area contributed by atoms with Gasteiger partial charge in [-0.05, 0) is 38.8 Å². The van der Waals surface area contributed by atoms with Crippen molar-refractivity contribution in [2.45, 2.75) is 45.8 Å². The van der Waals surface area contributed by atoms with Crippen LogP contribution in [-0.4, -0.2) is 17.7 Å². The highest BCUT2D eigenvalue weighted by Gasteiger charge is 2.37. The Balaban J connectivity index is 2.38. The molecule has 1 amide bonds. The molecule has 1 aromatic rings. The summed E-state index contributed by atoms with van der Waals surface area (Å²) in [5.74, 6) is 0. The maximum Gasteiger partial charge on any atom is 0.415 e. The Labute approximate surface area is 114 Å². The van der Waals surface area contributed by atoms with E-state index in [2.05, 4.69) is 13.5 Å². The smallest absolute Gasteiger partial charge is 0.415 e. The van der Waals surface area contributed by atoms with Crippen LogP contribution in [0, 0.1) is 0 Å². The quantitative estimate of drug-likeness (QED) is 0.755. The summed E-state index contributed by atoms with van der Waals surface area (Å²) in [6, 6.07) is 7.84. The number of hydrogen-bond donors (Lipinski definition) is 0. The highest BCUT2D eigenvalue weighted by Crippen LogP contribution is 2.41. The molecule has 2 rings (SSSR count). The SMILES string of the molecule is C=C1c2ccccc2N(C(=O)OC(C)(C)C)C1CC. The molecule has 0 saturated carbocycles. The minimum Gasteiger partial charge on any atom is -0.443 e. The molecule has 0 aliphatic carbocycles. The second-order valence-electron chi connectivity index (χ2n) is 5.82. The van der Waals surface area contributed by atoms with Crippen LogP contribution in [0.4, 0.5) is 10.5 Å². The molecule has 1 atom stereocenters. The van der Waals surface area contributed by atoms with Crippen molar-refractivity contribution in [3.05, 3.63) is 36.4 Å². The third kappa shape index (κ3) is 2.50. The molecule has 1 aliphatic rings. The summed E-state index contributed by atoms with van der Waals surface area (Å²) >= 11 is 0. The Kier molecular flexibility index (Phi) is 3.40. The number of amides is 1. The van der Waals surface area contributed by atoms with Gasteiger partial charge in [-0.1, -0.05) is 31.7 Å². The van der Waals surface area contributed by atoms with Crippen LogP contribution in [0.25, 0.3) is 5.57 Å². The maximum absolute atomic E-state index is 12.4. The molecule has 3 nitrogen and oxygen atoms in total. The van der Waals surface area contributed by atoms with Gasteiger partial charge in [0.1, 0.15) is 5.60 Å². The number of fused-ring (bicyclic) bond motifs is 1. The van der Waals surface area contributed by atoms with Crippen molar-refractivity contribution in [3.8, 4) is 0 Å². The monoisotopic (exact) mass is 259 g/mol. The summed E-state index contributed by atoms with van der Waals surface area (Å²) in [5.41, 5.74) is 2.44. The Morgan fingerprint density at radius 1 is 1.37 bits per heavy atom. The summed E-state index contributed by atoms with van der Waals surface area (Å²) in [5, 5.41) is 0. The Morgan fingerprint density at radius 3 is 2.58 bits per heavy atom. The highest BCUT2D eigenvalue weighted by atomic mass is 16.6. The van der Waals surface area contributed by atoms with E-state index < -0.39 is 5.60 Å². The molecule has 1 heterocycles. The van der Waals surface area contributed by atoms with Gasteiger partial charge in [-0.3, -0.25) is 4.90 Å². The molecular weight excluding hydrogens is 238 g/mol. The largest absolute Gasteiger partial charge is 0.443 e. The van der Waals surface area contributed by atoms with Crippen LogP contribution in [0.2, 0.25) is 0 Å². The van der Waals surface area contributed by atoms with E-state index in [-0.39, 0.29) is 12.1 Å². The van der Waals surface area contributed by atoms with Crippen molar-refractivity contribution in [2.24, 2.45) is 0 Å². The summed E-state index contributed by atoms with van der Waals surface area (Å²) in [6.45, 7) is 11.8. The number of hydrogen-bond acceptors (Lipinski definition) is 2. The fourth-order valence-corrected chi connectivity index (χ4v) is 2.42. The zero-order chi connectivity index (χ0) is 14.2. The van der Waals surface area contributed by atoms with Gasteiger partial charge in [0.15, 0.2) is 0 Å². The lowest BCUT2D eigenvalue weighted by Crippen LogP contribution is -2.40. The first-order valence-corrected chi connectivity index (χ1v) is 6.65. The van der Waals surface area contributed by atoms with Gasteiger partial charge in [-0.25, -0.2) is 4.79 Å². The molecule has 0 radical (unpaired) electrons. The number of carbonyl (C=O) groups is 1. The van der Waals surface area contributed by atoms with Crippen LogP contribution in [0.15, 0.2) is 30.8 Å². The lowest BCUT2D eigenvalue weighted by atomic mass is 10.0. The molecule has 1 unspecified atom stereocenters. The average Bonchev–Trinajstić information content (AvgIpc) is 2.60. The second kappa shape index (κ2) is 4.72. The van der Waals surface area contributed by atoms with Crippen LogP contribution in [0.5, 0.6) is 0 Å². The molecule has 0 bridgehead atoms. The van der Waals surface area contributed by atoms with Gasteiger partial charge >= 0.3 is 6.09 Å². The first-order chi connectivity index (χ1) is 8.85. The Morgan fingerprint density at radius 2 is 2.00 bits per heavy atom. The maximum atomic E-state index is 12.4. The van der Waals surface area contributed by atoms with Crippen molar-refractivity contribution < 1.29 is 9.53 Å². The summed E-state index contributed by atoms with van der Waals surface area (Å²) in [7, 11) is 0. The molecule has 0 spiro atoms. The van der Waals surface area contributed by atoms with Gasteiger partial charge in [-0.15, -0.1) is 0 Å². The molecule has 1 aliphatic heterocycles. The fraction of sp³-hybridized carbons (Fsp3) is 0.438. The first kappa shape index (κ1) is 13.7. The first-order valence-electron chi connectivity index (χ1n) is 6.65. The van der Waals surface area contributed by atoms with Gasteiger partial charge in [0.25, 0.3) is 0 Å². The number of ether oxygens (including phenoxy) is 1. The van der Waals surface area contributed by atoms with Crippen molar-refractivity contribution in [1.29, 1.82) is 0 Å². The molecular formula is C16H21NO2. The molecule has 19 heavy (non-hydrogen) atoms. The molecule has 1 aromatic carbocycles.